The maximum Gasteiger partial charge on any atom is 0.413 e. The highest BCUT2D eigenvalue weighted by molar-refractivity contribution is 7.13. The molecular weight excluding hydrogens is 344 g/mol. The topological polar surface area (TPSA) is 97.6 Å². The summed E-state index contributed by atoms with van der Waals surface area (Å²) in [4.78, 5) is 30.1. The SMILES string of the molecule is Cc1noc(C)c1C(=O)N(C)Cc1csc(NC(=O)OC(C)(C)C)n1. The quantitative estimate of drug-likeness (QED) is 0.891. The number of thiazole rings is 1. The van der Waals surface area contributed by atoms with Crippen molar-refractivity contribution in [1.29, 1.82) is 0 Å². The monoisotopic (exact) mass is 366 g/mol. The molecule has 0 saturated heterocycles. The van der Waals surface area contributed by atoms with Crippen molar-refractivity contribution in [2.75, 3.05) is 12.4 Å². The minimum absolute atomic E-state index is 0.189. The molecule has 25 heavy (non-hydrogen) atoms. The molecule has 0 aromatic carbocycles. The van der Waals surface area contributed by atoms with Crippen molar-refractivity contribution in [1.82, 2.24) is 15.0 Å². The van der Waals surface area contributed by atoms with E-state index in [4.69, 9.17) is 9.26 Å². The summed E-state index contributed by atoms with van der Waals surface area (Å²) in [6.45, 7) is 9.09. The summed E-state index contributed by atoms with van der Waals surface area (Å²) in [7, 11) is 1.68. The molecule has 0 spiro atoms. The third kappa shape index (κ3) is 5.02. The van der Waals surface area contributed by atoms with Crippen LogP contribution in [0, 0.1) is 13.8 Å². The van der Waals surface area contributed by atoms with E-state index in [1.165, 1.54) is 16.2 Å². The van der Waals surface area contributed by atoms with Crippen LogP contribution >= 0.6 is 11.3 Å². The maximum atomic E-state index is 12.5. The lowest BCUT2D eigenvalue weighted by molar-refractivity contribution is 0.0635. The molecule has 0 saturated carbocycles. The standard InChI is InChI=1S/C16H22N4O4S/c1-9-12(10(2)24-19-9)13(21)20(6)7-11-8-25-14(17-11)18-15(22)23-16(3,4)5/h8H,7H2,1-6H3,(H,17,18,22). The molecule has 2 heterocycles. The molecule has 0 unspecified atom stereocenters. The van der Waals surface area contributed by atoms with Crippen molar-refractivity contribution in [3.63, 3.8) is 0 Å². The van der Waals surface area contributed by atoms with E-state index < -0.39 is 11.7 Å². The number of amides is 2. The highest BCUT2D eigenvalue weighted by Gasteiger charge is 2.22. The Bertz CT molecular complexity index is 756. The van der Waals surface area contributed by atoms with E-state index in [0.717, 1.165) is 0 Å². The third-order valence-electron chi connectivity index (χ3n) is 3.15. The van der Waals surface area contributed by atoms with Gasteiger partial charge in [0.1, 0.15) is 16.9 Å². The average Bonchev–Trinajstić information content (AvgIpc) is 3.03. The molecule has 0 aliphatic carbocycles. The van der Waals surface area contributed by atoms with Crippen molar-refractivity contribution in [3.8, 4) is 0 Å². The number of aryl methyl sites for hydroxylation is 2. The van der Waals surface area contributed by atoms with Gasteiger partial charge in [0.25, 0.3) is 5.91 Å². The summed E-state index contributed by atoms with van der Waals surface area (Å²) < 4.78 is 10.2. The molecule has 9 heteroatoms. The van der Waals surface area contributed by atoms with Crippen LogP contribution in [0.25, 0.3) is 0 Å². The summed E-state index contributed by atoms with van der Waals surface area (Å²) in [6, 6.07) is 0. The van der Waals surface area contributed by atoms with Gasteiger partial charge in [0.2, 0.25) is 0 Å². The van der Waals surface area contributed by atoms with Gasteiger partial charge in [-0.2, -0.15) is 0 Å². The van der Waals surface area contributed by atoms with Crippen LogP contribution in [0.5, 0.6) is 0 Å². The first-order valence-corrected chi connectivity index (χ1v) is 8.57. The van der Waals surface area contributed by atoms with Crippen molar-refractivity contribution in [3.05, 3.63) is 28.1 Å². The summed E-state index contributed by atoms with van der Waals surface area (Å²) in [5.74, 6) is 0.297. The predicted octanol–water partition coefficient (Wildman–Crippen LogP) is 3.37. The van der Waals surface area contributed by atoms with Crippen LogP contribution in [0.2, 0.25) is 0 Å². The molecule has 2 aromatic heterocycles. The fourth-order valence-corrected chi connectivity index (χ4v) is 2.81. The van der Waals surface area contributed by atoms with Crippen LogP contribution in [0.15, 0.2) is 9.90 Å². The number of ether oxygens (including phenoxy) is 1. The minimum atomic E-state index is -0.578. The molecule has 2 aromatic rings. The fourth-order valence-electron chi connectivity index (χ4n) is 2.12. The first kappa shape index (κ1) is 18.9. The number of nitrogens with zero attached hydrogens (tertiary/aromatic N) is 3. The Labute approximate surface area is 150 Å². The van der Waals surface area contributed by atoms with E-state index in [2.05, 4.69) is 15.5 Å². The second-order valence-corrected chi connectivity index (χ2v) is 7.49. The molecule has 0 bridgehead atoms. The smallest absolute Gasteiger partial charge is 0.413 e. The van der Waals surface area contributed by atoms with E-state index in [1.54, 1.807) is 47.0 Å². The summed E-state index contributed by atoms with van der Waals surface area (Å²) in [5.41, 5.74) is 1.11. The van der Waals surface area contributed by atoms with Crippen molar-refractivity contribution in [2.24, 2.45) is 0 Å². The van der Waals surface area contributed by atoms with Gasteiger partial charge in [-0.05, 0) is 34.6 Å². The van der Waals surface area contributed by atoms with Gasteiger partial charge in [-0.1, -0.05) is 5.16 Å². The highest BCUT2D eigenvalue weighted by Crippen LogP contribution is 2.20. The third-order valence-corrected chi connectivity index (χ3v) is 3.96. The lowest BCUT2D eigenvalue weighted by Gasteiger charge is -2.19. The first-order valence-electron chi connectivity index (χ1n) is 7.69. The van der Waals surface area contributed by atoms with Gasteiger partial charge in [0.15, 0.2) is 5.13 Å². The number of carbonyl (C=O) groups excluding carboxylic acids is 2. The van der Waals surface area contributed by atoms with E-state index in [-0.39, 0.29) is 5.91 Å². The van der Waals surface area contributed by atoms with Gasteiger partial charge in [0, 0.05) is 12.4 Å². The summed E-state index contributed by atoms with van der Waals surface area (Å²) in [5, 5.41) is 8.58. The average molecular weight is 366 g/mol. The van der Waals surface area contributed by atoms with Gasteiger partial charge >= 0.3 is 6.09 Å². The number of hydrogen-bond acceptors (Lipinski definition) is 7. The molecule has 2 amide bonds. The highest BCUT2D eigenvalue weighted by atomic mass is 32.1. The molecule has 0 atom stereocenters. The van der Waals surface area contributed by atoms with Crippen LogP contribution in [-0.4, -0.2) is 39.7 Å². The van der Waals surface area contributed by atoms with Crippen LogP contribution in [0.3, 0.4) is 0 Å². The number of hydrogen-bond donors (Lipinski definition) is 1. The molecule has 2 rings (SSSR count). The molecule has 0 aliphatic rings. The van der Waals surface area contributed by atoms with Gasteiger partial charge < -0.3 is 14.2 Å². The van der Waals surface area contributed by atoms with Crippen molar-refractivity contribution in [2.45, 2.75) is 46.8 Å². The van der Waals surface area contributed by atoms with Crippen LogP contribution in [-0.2, 0) is 11.3 Å². The van der Waals surface area contributed by atoms with Gasteiger partial charge in [0.05, 0.1) is 17.9 Å². The molecule has 0 radical (unpaired) electrons. The van der Waals surface area contributed by atoms with Gasteiger partial charge in [-0.3, -0.25) is 10.1 Å². The van der Waals surface area contributed by atoms with Crippen molar-refractivity contribution < 1.29 is 18.8 Å². The lowest BCUT2D eigenvalue weighted by Crippen LogP contribution is -2.28. The number of rotatable bonds is 4. The van der Waals surface area contributed by atoms with Crippen LogP contribution < -0.4 is 5.32 Å². The Hall–Kier alpha value is -2.42. The lowest BCUT2D eigenvalue weighted by atomic mass is 10.2. The Kier molecular flexibility index (Phi) is 5.46. The van der Waals surface area contributed by atoms with Gasteiger partial charge in [-0.15, -0.1) is 11.3 Å². The number of anilines is 1. The molecule has 1 N–H and O–H groups in total. The first-order chi connectivity index (χ1) is 11.6. The molecule has 0 fully saturated rings. The molecule has 8 nitrogen and oxygen atoms in total. The van der Waals surface area contributed by atoms with Crippen LogP contribution in [0.1, 0.15) is 48.3 Å². The zero-order chi connectivity index (χ0) is 18.8. The molecular formula is C16H22N4O4S. The second kappa shape index (κ2) is 7.22. The van der Waals surface area contributed by atoms with E-state index >= 15 is 0 Å². The fraction of sp³-hybridized carbons (Fsp3) is 0.500. The minimum Gasteiger partial charge on any atom is -0.444 e. The maximum absolute atomic E-state index is 12.5. The molecule has 136 valence electrons. The second-order valence-electron chi connectivity index (χ2n) is 6.63. The van der Waals surface area contributed by atoms with Crippen molar-refractivity contribution >= 4 is 28.5 Å². The summed E-state index contributed by atoms with van der Waals surface area (Å²) in [6.07, 6.45) is -0.562. The number of aromatic nitrogens is 2. The number of carbonyl (C=O) groups is 2. The summed E-state index contributed by atoms with van der Waals surface area (Å²) >= 11 is 1.27. The Balaban J connectivity index is 1.99. The largest absolute Gasteiger partial charge is 0.444 e. The Morgan fingerprint density at radius 1 is 1.36 bits per heavy atom. The van der Waals surface area contributed by atoms with Crippen LogP contribution in [0.4, 0.5) is 9.93 Å². The van der Waals surface area contributed by atoms with E-state index in [9.17, 15) is 9.59 Å². The predicted molar refractivity (Wildman–Crippen MR) is 93.7 cm³/mol. The van der Waals surface area contributed by atoms with Gasteiger partial charge in [-0.25, -0.2) is 9.78 Å². The molecule has 0 aliphatic heterocycles. The van der Waals surface area contributed by atoms with E-state index in [1.807, 2.05) is 0 Å². The Morgan fingerprint density at radius 2 is 2.04 bits per heavy atom. The zero-order valence-corrected chi connectivity index (χ0v) is 16.0. The number of nitrogens with one attached hydrogen (secondary N) is 1. The normalized spacial score (nSPS) is 11.3. The van der Waals surface area contributed by atoms with E-state index in [0.29, 0.717) is 34.4 Å². The zero-order valence-electron chi connectivity index (χ0n) is 15.2. The Morgan fingerprint density at radius 3 is 2.60 bits per heavy atom.